The lowest BCUT2D eigenvalue weighted by atomic mass is 9.91. The lowest BCUT2D eigenvalue weighted by Gasteiger charge is -2.36. The molecule has 0 fully saturated rings. The largest absolute Gasteiger partial charge is 0.352 e. The lowest BCUT2D eigenvalue weighted by molar-refractivity contribution is -0.117. The number of carbonyl (C=O) groups is 2. The van der Waals surface area contributed by atoms with E-state index < -0.39 is 0 Å². The zero-order valence-electron chi connectivity index (χ0n) is 33.7. The first-order valence-corrected chi connectivity index (χ1v) is 20.3. The van der Waals surface area contributed by atoms with Gasteiger partial charge in [-0.2, -0.15) is 0 Å². The van der Waals surface area contributed by atoms with Crippen LogP contribution in [0, 0.1) is 11.8 Å². The Morgan fingerprint density at radius 1 is 0.517 bits per heavy atom. The highest BCUT2D eigenvalue weighted by Crippen LogP contribution is 2.38. The number of para-hydroxylation sites is 2. The third-order valence-corrected chi connectivity index (χ3v) is 10.5. The Hall–Kier alpha value is -6.66. The van der Waals surface area contributed by atoms with Crippen LogP contribution in [0.25, 0.3) is 22.3 Å². The molecular weight excluding hydrogens is 713 g/mol. The second kappa shape index (κ2) is 20.5. The van der Waals surface area contributed by atoms with Gasteiger partial charge in [0.1, 0.15) is 0 Å². The molecule has 2 amide bonds. The van der Waals surface area contributed by atoms with Crippen molar-refractivity contribution in [2.75, 3.05) is 36.0 Å². The van der Waals surface area contributed by atoms with E-state index in [0.29, 0.717) is 24.9 Å². The summed E-state index contributed by atoms with van der Waals surface area (Å²) in [6.07, 6.45) is 4.59. The van der Waals surface area contributed by atoms with Crippen molar-refractivity contribution >= 4 is 34.6 Å². The van der Waals surface area contributed by atoms with Crippen LogP contribution in [-0.4, -0.2) is 38.0 Å². The zero-order valence-corrected chi connectivity index (χ0v) is 33.7. The fourth-order valence-electron chi connectivity index (χ4n) is 7.70. The summed E-state index contributed by atoms with van der Waals surface area (Å²) in [6, 6.07) is 55.3. The van der Waals surface area contributed by atoms with Crippen LogP contribution >= 0.6 is 0 Å². The molecule has 0 radical (unpaired) electrons. The van der Waals surface area contributed by atoms with E-state index >= 15 is 0 Å². The van der Waals surface area contributed by atoms with Gasteiger partial charge in [-0.1, -0.05) is 148 Å². The van der Waals surface area contributed by atoms with Crippen LogP contribution in [0.3, 0.4) is 0 Å². The standard InChI is InChI=1S/2C25H24N2O.C2H6/c1-2-25(28)26-17-19-15-22-11-6-7-14-24(22)27(18-19)23-13-8-12-21(16-23)20-9-4-3-5-10-20;1-2-25(28)26-17-19-16-22-10-6-7-11-24(22)27(18-19)23-14-12-21(13-15-23)20-8-4-3-5-9-20;1-2/h2-14,16,19H,1,15,17-18H2,(H,26,28);2-15,19H,1,16-18H2,(H,26,28);1-2H3. The normalized spacial score (nSPS) is 15.1. The molecule has 0 aliphatic carbocycles. The molecule has 2 heterocycles. The van der Waals surface area contributed by atoms with Gasteiger partial charge < -0.3 is 20.4 Å². The molecule has 6 aromatic carbocycles. The van der Waals surface area contributed by atoms with Crippen LogP contribution < -0.4 is 20.4 Å². The van der Waals surface area contributed by atoms with Gasteiger partial charge in [-0.15, -0.1) is 0 Å². The quantitative estimate of drug-likeness (QED) is 0.136. The highest BCUT2D eigenvalue weighted by molar-refractivity contribution is 5.87. The van der Waals surface area contributed by atoms with Gasteiger partial charge >= 0.3 is 0 Å². The highest BCUT2D eigenvalue weighted by atomic mass is 16.2. The van der Waals surface area contributed by atoms with Crippen LogP contribution in [-0.2, 0) is 22.4 Å². The lowest BCUT2D eigenvalue weighted by Crippen LogP contribution is -2.38. The Morgan fingerprint density at radius 3 is 1.43 bits per heavy atom. The molecule has 6 aromatic rings. The molecule has 0 saturated carbocycles. The number of amides is 2. The summed E-state index contributed by atoms with van der Waals surface area (Å²) < 4.78 is 0. The fourth-order valence-corrected chi connectivity index (χ4v) is 7.70. The van der Waals surface area contributed by atoms with E-state index in [1.807, 2.05) is 26.0 Å². The van der Waals surface area contributed by atoms with Gasteiger partial charge in [-0.25, -0.2) is 0 Å². The van der Waals surface area contributed by atoms with Crippen molar-refractivity contribution in [3.63, 3.8) is 0 Å². The Balaban J connectivity index is 0.000000188. The predicted octanol–water partition coefficient (Wildman–Crippen LogP) is 11.0. The van der Waals surface area contributed by atoms with Crippen molar-refractivity contribution < 1.29 is 9.59 Å². The van der Waals surface area contributed by atoms with E-state index in [4.69, 9.17) is 0 Å². The summed E-state index contributed by atoms with van der Waals surface area (Å²) in [6.45, 7) is 14.1. The number of carbonyl (C=O) groups excluding carboxylic acids is 2. The number of rotatable bonds is 10. The zero-order chi connectivity index (χ0) is 40.7. The molecule has 6 nitrogen and oxygen atoms in total. The average molecular weight is 767 g/mol. The minimum absolute atomic E-state index is 0.113. The molecule has 2 aliphatic heterocycles. The third-order valence-electron chi connectivity index (χ3n) is 10.5. The first-order chi connectivity index (χ1) is 28.5. The number of benzene rings is 6. The first kappa shape index (κ1) is 41.0. The maximum Gasteiger partial charge on any atom is 0.243 e. The number of hydrogen-bond donors (Lipinski definition) is 2. The maximum absolute atomic E-state index is 11.6. The first-order valence-electron chi connectivity index (χ1n) is 20.3. The second-order valence-electron chi connectivity index (χ2n) is 14.3. The van der Waals surface area contributed by atoms with Crippen molar-refractivity contribution in [2.24, 2.45) is 11.8 Å². The molecule has 2 N–H and O–H groups in total. The number of nitrogens with one attached hydrogen (secondary N) is 2. The molecule has 2 atom stereocenters. The molecule has 0 spiro atoms. The van der Waals surface area contributed by atoms with Crippen LogP contribution in [0.4, 0.5) is 22.7 Å². The molecule has 0 bridgehead atoms. The molecule has 2 aliphatic rings. The second-order valence-corrected chi connectivity index (χ2v) is 14.3. The summed E-state index contributed by atoms with van der Waals surface area (Å²) in [5.74, 6) is 0.473. The molecular formula is C52H54N4O2. The Labute approximate surface area is 344 Å². The van der Waals surface area contributed by atoms with E-state index in [2.05, 4.69) is 179 Å². The fraction of sp³-hybridized carbons (Fsp3) is 0.192. The minimum atomic E-state index is -0.114. The molecule has 0 saturated heterocycles. The van der Waals surface area contributed by atoms with E-state index in [0.717, 1.165) is 25.9 Å². The van der Waals surface area contributed by atoms with Crippen molar-refractivity contribution in [1.82, 2.24) is 10.6 Å². The van der Waals surface area contributed by atoms with Crippen molar-refractivity contribution in [2.45, 2.75) is 26.7 Å². The summed E-state index contributed by atoms with van der Waals surface area (Å²) in [5.41, 5.74) is 12.3. The van der Waals surface area contributed by atoms with Crippen LogP contribution in [0.5, 0.6) is 0 Å². The summed E-state index contributed by atoms with van der Waals surface area (Å²) in [4.78, 5) is 27.9. The van der Waals surface area contributed by atoms with Crippen molar-refractivity contribution in [3.05, 3.63) is 194 Å². The molecule has 0 aromatic heterocycles. The van der Waals surface area contributed by atoms with E-state index in [1.165, 1.54) is 68.3 Å². The van der Waals surface area contributed by atoms with Gasteiger partial charge in [-0.3, -0.25) is 9.59 Å². The topological polar surface area (TPSA) is 64.7 Å². The minimum Gasteiger partial charge on any atom is -0.352 e. The van der Waals surface area contributed by atoms with Gasteiger partial charge in [-0.05, 0) is 107 Å². The van der Waals surface area contributed by atoms with Gasteiger partial charge in [0, 0.05) is 48.9 Å². The van der Waals surface area contributed by atoms with Gasteiger partial charge in [0.15, 0.2) is 0 Å². The number of hydrogen-bond acceptors (Lipinski definition) is 4. The maximum atomic E-state index is 11.6. The van der Waals surface area contributed by atoms with E-state index in [9.17, 15) is 9.59 Å². The number of nitrogens with zero attached hydrogens (tertiary/aromatic N) is 2. The molecule has 8 rings (SSSR count). The van der Waals surface area contributed by atoms with E-state index in [1.54, 1.807) is 0 Å². The Bertz CT molecular complexity index is 2270. The predicted molar refractivity (Wildman–Crippen MR) is 243 cm³/mol. The van der Waals surface area contributed by atoms with Gasteiger partial charge in [0.05, 0.1) is 0 Å². The summed E-state index contributed by atoms with van der Waals surface area (Å²) in [7, 11) is 0. The van der Waals surface area contributed by atoms with Gasteiger partial charge in [0.25, 0.3) is 0 Å². The van der Waals surface area contributed by atoms with Gasteiger partial charge in [0.2, 0.25) is 11.8 Å². The summed E-state index contributed by atoms with van der Waals surface area (Å²) >= 11 is 0. The van der Waals surface area contributed by atoms with Crippen LogP contribution in [0.1, 0.15) is 25.0 Å². The number of anilines is 4. The Kier molecular flexibility index (Phi) is 14.5. The SMILES string of the molecule is C=CC(=O)NCC1Cc2ccccc2N(c2ccc(-c3ccccc3)cc2)C1.C=CC(=O)NCC1Cc2ccccc2N(c2cccc(-c3ccccc3)c2)C1.CC. The third kappa shape index (κ3) is 10.4. The van der Waals surface area contributed by atoms with E-state index in [-0.39, 0.29) is 11.8 Å². The monoisotopic (exact) mass is 766 g/mol. The van der Waals surface area contributed by atoms with Crippen LogP contribution in [0.15, 0.2) is 183 Å². The number of fused-ring (bicyclic) bond motifs is 2. The highest BCUT2D eigenvalue weighted by Gasteiger charge is 2.27. The molecule has 294 valence electrons. The Morgan fingerprint density at radius 2 is 0.931 bits per heavy atom. The molecule has 6 heteroatoms. The molecule has 58 heavy (non-hydrogen) atoms. The van der Waals surface area contributed by atoms with Crippen molar-refractivity contribution in [1.29, 1.82) is 0 Å². The van der Waals surface area contributed by atoms with Crippen molar-refractivity contribution in [3.8, 4) is 22.3 Å². The smallest absolute Gasteiger partial charge is 0.243 e. The average Bonchev–Trinajstić information content (AvgIpc) is 3.31. The summed E-state index contributed by atoms with van der Waals surface area (Å²) in [5, 5.41) is 5.91. The van der Waals surface area contributed by atoms with Crippen LogP contribution in [0.2, 0.25) is 0 Å². The molecule has 2 unspecified atom stereocenters.